The van der Waals surface area contributed by atoms with Crippen LogP contribution in [-0.4, -0.2) is 0 Å². The van der Waals surface area contributed by atoms with Crippen LogP contribution in [0.25, 0.3) is 0 Å². The molecule has 1 atom stereocenters. The summed E-state index contributed by atoms with van der Waals surface area (Å²) >= 11 is 0. The molecule has 0 amide bonds. The Morgan fingerprint density at radius 1 is 1.14 bits per heavy atom. The highest BCUT2D eigenvalue weighted by Crippen LogP contribution is 2.24. The van der Waals surface area contributed by atoms with Gasteiger partial charge in [0, 0.05) is 0 Å². The summed E-state index contributed by atoms with van der Waals surface area (Å²) in [5.41, 5.74) is 9.43. The van der Waals surface area contributed by atoms with Gasteiger partial charge in [0.05, 0.1) is 6.07 Å². The van der Waals surface area contributed by atoms with E-state index in [4.69, 9.17) is 11.0 Å². The van der Waals surface area contributed by atoms with Gasteiger partial charge in [-0.1, -0.05) is 12.1 Å². The first-order valence-electron chi connectivity index (χ1n) is 4.67. The first-order valence-corrected chi connectivity index (χ1v) is 4.67. The number of nitriles is 1. The van der Waals surface area contributed by atoms with Crippen LogP contribution in [0.3, 0.4) is 0 Å². The molecule has 1 rings (SSSR count). The zero-order valence-corrected chi connectivity index (χ0v) is 9.18. The van der Waals surface area contributed by atoms with E-state index in [0.29, 0.717) is 0 Å². The van der Waals surface area contributed by atoms with Crippen molar-refractivity contribution in [2.45, 2.75) is 33.2 Å². The molecule has 0 aromatic heterocycles. The normalized spacial score (nSPS) is 14.6. The van der Waals surface area contributed by atoms with Crippen molar-refractivity contribution in [1.82, 2.24) is 0 Å². The van der Waals surface area contributed by atoms with Crippen LogP contribution < -0.4 is 5.73 Å². The number of hydrogen-bond acceptors (Lipinski definition) is 2. The smallest absolute Gasteiger partial charge is 0.127 e. The molecule has 2 heteroatoms. The molecule has 74 valence electrons. The molecule has 0 radical (unpaired) electrons. The lowest BCUT2D eigenvalue weighted by Gasteiger charge is -2.20. The zero-order valence-electron chi connectivity index (χ0n) is 9.18. The third-order valence-electron chi connectivity index (χ3n) is 2.63. The molecule has 0 bridgehead atoms. The van der Waals surface area contributed by atoms with Gasteiger partial charge in [0.15, 0.2) is 0 Å². The fourth-order valence-electron chi connectivity index (χ4n) is 1.58. The predicted molar refractivity (Wildman–Crippen MR) is 57.8 cm³/mol. The SMILES string of the molecule is Cc1cc(C)c([C@](C)(N)C#N)cc1C. The predicted octanol–water partition coefficient (Wildman–Crippen LogP) is 2.31. The minimum absolute atomic E-state index is 0.886. The van der Waals surface area contributed by atoms with E-state index < -0.39 is 5.54 Å². The fraction of sp³-hybridized carbons (Fsp3) is 0.417. The average Bonchev–Trinajstić information content (AvgIpc) is 2.11. The average molecular weight is 188 g/mol. The maximum absolute atomic E-state index is 8.96. The van der Waals surface area contributed by atoms with Crippen LogP contribution in [0.1, 0.15) is 29.2 Å². The van der Waals surface area contributed by atoms with Gasteiger partial charge in [-0.2, -0.15) is 5.26 Å². The van der Waals surface area contributed by atoms with Crippen molar-refractivity contribution in [2.75, 3.05) is 0 Å². The Labute approximate surface area is 85.4 Å². The van der Waals surface area contributed by atoms with Crippen LogP contribution in [0, 0.1) is 32.1 Å². The van der Waals surface area contributed by atoms with Gasteiger partial charge in [-0.05, 0) is 49.9 Å². The van der Waals surface area contributed by atoms with E-state index in [2.05, 4.69) is 19.1 Å². The second-order valence-electron chi connectivity index (χ2n) is 4.07. The van der Waals surface area contributed by atoms with Gasteiger partial charge in [0.25, 0.3) is 0 Å². The van der Waals surface area contributed by atoms with E-state index in [1.165, 1.54) is 11.1 Å². The molecule has 0 fully saturated rings. The summed E-state index contributed by atoms with van der Waals surface area (Å²) in [7, 11) is 0. The van der Waals surface area contributed by atoms with Crippen LogP contribution in [0.15, 0.2) is 12.1 Å². The molecule has 0 unspecified atom stereocenters. The number of nitrogens with two attached hydrogens (primary N) is 1. The van der Waals surface area contributed by atoms with Crippen LogP contribution in [0.2, 0.25) is 0 Å². The van der Waals surface area contributed by atoms with Gasteiger partial charge in [0.2, 0.25) is 0 Å². The van der Waals surface area contributed by atoms with Gasteiger partial charge in [-0.25, -0.2) is 0 Å². The second-order valence-corrected chi connectivity index (χ2v) is 4.07. The molecule has 2 nitrogen and oxygen atoms in total. The van der Waals surface area contributed by atoms with Crippen molar-refractivity contribution < 1.29 is 0 Å². The summed E-state index contributed by atoms with van der Waals surface area (Å²) in [5, 5.41) is 8.96. The Morgan fingerprint density at radius 3 is 2.14 bits per heavy atom. The molecule has 0 saturated carbocycles. The summed E-state index contributed by atoms with van der Waals surface area (Å²) in [6, 6.07) is 6.21. The number of nitrogens with zero attached hydrogens (tertiary/aromatic N) is 1. The third-order valence-corrected chi connectivity index (χ3v) is 2.63. The van der Waals surface area contributed by atoms with Crippen molar-refractivity contribution in [1.29, 1.82) is 5.26 Å². The summed E-state index contributed by atoms with van der Waals surface area (Å²) < 4.78 is 0. The molecule has 0 aliphatic rings. The summed E-state index contributed by atoms with van der Waals surface area (Å²) in [6.45, 7) is 7.83. The van der Waals surface area contributed by atoms with E-state index in [0.717, 1.165) is 11.1 Å². The second kappa shape index (κ2) is 3.43. The third kappa shape index (κ3) is 1.78. The van der Waals surface area contributed by atoms with E-state index in [-0.39, 0.29) is 0 Å². The molecule has 0 spiro atoms. The van der Waals surface area contributed by atoms with Crippen molar-refractivity contribution in [3.05, 3.63) is 34.4 Å². The fourth-order valence-corrected chi connectivity index (χ4v) is 1.58. The Bertz CT molecular complexity index is 398. The number of aryl methyl sites for hydroxylation is 3. The Kier molecular flexibility index (Phi) is 2.64. The maximum atomic E-state index is 8.96. The quantitative estimate of drug-likeness (QED) is 0.735. The molecule has 2 N–H and O–H groups in total. The Hall–Kier alpha value is -1.33. The molecule has 0 aliphatic carbocycles. The minimum Gasteiger partial charge on any atom is -0.310 e. The lowest BCUT2D eigenvalue weighted by Crippen LogP contribution is -2.31. The van der Waals surface area contributed by atoms with E-state index in [1.54, 1.807) is 6.92 Å². The Balaban J connectivity index is 3.38. The minimum atomic E-state index is -0.886. The molecule has 0 heterocycles. The summed E-state index contributed by atoms with van der Waals surface area (Å²) in [6.07, 6.45) is 0. The first-order chi connectivity index (χ1) is 6.38. The van der Waals surface area contributed by atoms with Crippen molar-refractivity contribution >= 4 is 0 Å². The van der Waals surface area contributed by atoms with E-state index in [1.807, 2.05) is 19.9 Å². The summed E-state index contributed by atoms with van der Waals surface area (Å²) in [4.78, 5) is 0. The lowest BCUT2D eigenvalue weighted by atomic mass is 9.88. The van der Waals surface area contributed by atoms with Gasteiger partial charge < -0.3 is 5.73 Å². The number of benzene rings is 1. The molecular formula is C12H16N2. The molecule has 1 aromatic rings. The standard InChI is InChI=1S/C12H16N2/c1-8-5-10(3)11(6-9(8)2)12(4,14)7-13/h5-6H,14H2,1-4H3/t12-/m1/s1. The largest absolute Gasteiger partial charge is 0.310 e. The van der Waals surface area contributed by atoms with Crippen LogP contribution >= 0.6 is 0 Å². The molecular weight excluding hydrogens is 172 g/mol. The molecule has 0 saturated heterocycles. The van der Waals surface area contributed by atoms with Crippen LogP contribution in [-0.2, 0) is 5.54 Å². The first kappa shape index (κ1) is 10.7. The Morgan fingerprint density at radius 2 is 1.64 bits per heavy atom. The molecule has 0 aliphatic heterocycles. The van der Waals surface area contributed by atoms with Crippen molar-refractivity contribution in [3.8, 4) is 6.07 Å². The lowest BCUT2D eigenvalue weighted by molar-refractivity contribution is 0.640. The van der Waals surface area contributed by atoms with Crippen LogP contribution in [0.4, 0.5) is 0 Å². The van der Waals surface area contributed by atoms with Crippen LogP contribution in [0.5, 0.6) is 0 Å². The topological polar surface area (TPSA) is 49.8 Å². The summed E-state index contributed by atoms with van der Waals surface area (Å²) in [5.74, 6) is 0. The van der Waals surface area contributed by atoms with Gasteiger partial charge >= 0.3 is 0 Å². The van der Waals surface area contributed by atoms with Gasteiger partial charge in [-0.15, -0.1) is 0 Å². The van der Waals surface area contributed by atoms with Gasteiger partial charge in [0.1, 0.15) is 5.54 Å². The number of rotatable bonds is 1. The van der Waals surface area contributed by atoms with Crippen molar-refractivity contribution in [3.63, 3.8) is 0 Å². The maximum Gasteiger partial charge on any atom is 0.127 e. The van der Waals surface area contributed by atoms with E-state index in [9.17, 15) is 0 Å². The highest BCUT2D eigenvalue weighted by Gasteiger charge is 2.22. The number of hydrogen-bond donors (Lipinski definition) is 1. The van der Waals surface area contributed by atoms with E-state index >= 15 is 0 Å². The van der Waals surface area contributed by atoms with Crippen molar-refractivity contribution in [2.24, 2.45) is 5.73 Å². The molecule has 14 heavy (non-hydrogen) atoms. The highest BCUT2D eigenvalue weighted by molar-refractivity contribution is 5.42. The highest BCUT2D eigenvalue weighted by atomic mass is 14.7. The monoisotopic (exact) mass is 188 g/mol. The zero-order chi connectivity index (χ0) is 10.9. The molecule has 1 aromatic carbocycles. The van der Waals surface area contributed by atoms with Gasteiger partial charge in [-0.3, -0.25) is 0 Å².